The standard InChI is InChI=1S/C31H36N2O4/c1-3-8-28(34)36-31(17-21-33-22-18-31)27-12-7-9-25(23-27)14-13-24(2)29(35)37-30(15-19-32-20-16-30)26-10-5-4-6-11-26/h4-7,9-13,23,32-33H,14-22H2,1-2H3/b24-13+. The summed E-state index contributed by atoms with van der Waals surface area (Å²) in [6.45, 7) is 6.59. The van der Waals surface area contributed by atoms with Crippen molar-refractivity contribution in [1.82, 2.24) is 10.6 Å². The number of carbonyl (C=O) groups excluding carboxylic acids is 2. The molecular formula is C31H36N2O4. The van der Waals surface area contributed by atoms with Crippen molar-refractivity contribution in [1.29, 1.82) is 0 Å². The molecule has 2 fully saturated rings. The minimum Gasteiger partial charge on any atom is -0.451 e. The second-order valence-corrected chi connectivity index (χ2v) is 9.80. The first kappa shape index (κ1) is 26.7. The number of hydrogen-bond donors (Lipinski definition) is 2. The number of benzene rings is 2. The number of esters is 2. The lowest BCUT2D eigenvalue weighted by atomic mass is 9.83. The zero-order valence-corrected chi connectivity index (χ0v) is 21.8. The van der Waals surface area contributed by atoms with Gasteiger partial charge in [-0.15, -0.1) is 0 Å². The number of ether oxygens (including phenoxy) is 2. The minimum absolute atomic E-state index is 0.288. The molecule has 0 aromatic heterocycles. The van der Waals surface area contributed by atoms with Gasteiger partial charge in [-0.05, 0) is 63.1 Å². The van der Waals surface area contributed by atoms with E-state index in [0.717, 1.165) is 55.7 Å². The van der Waals surface area contributed by atoms with E-state index in [1.54, 1.807) is 6.92 Å². The van der Waals surface area contributed by atoms with E-state index in [9.17, 15) is 9.59 Å². The highest BCUT2D eigenvalue weighted by molar-refractivity contribution is 5.89. The lowest BCUT2D eigenvalue weighted by molar-refractivity contribution is -0.159. The van der Waals surface area contributed by atoms with Crippen LogP contribution >= 0.6 is 0 Å². The molecule has 0 radical (unpaired) electrons. The second kappa shape index (κ2) is 12.2. The van der Waals surface area contributed by atoms with Gasteiger partial charge in [-0.25, -0.2) is 9.59 Å². The predicted octanol–water partition coefficient (Wildman–Crippen LogP) is 4.14. The van der Waals surface area contributed by atoms with Gasteiger partial charge < -0.3 is 20.1 Å². The van der Waals surface area contributed by atoms with E-state index in [-0.39, 0.29) is 5.97 Å². The molecule has 0 saturated carbocycles. The van der Waals surface area contributed by atoms with Crippen LogP contribution in [0.2, 0.25) is 0 Å². The Balaban J connectivity index is 1.49. The molecule has 0 spiro atoms. The molecule has 2 saturated heterocycles. The molecule has 194 valence electrons. The molecule has 0 aliphatic carbocycles. The van der Waals surface area contributed by atoms with Crippen LogP contribution in [0, 0.1) is 11.8 Å². The van der Waals surface area contributed by atoms with Crippen LogP contribution in [0.15, 0.2) is 66.2 Å². The van der Waals surface area contributed by atoms with Crippen LogP contribution in [0.4, 0.5) is 0 Å². The fraction of sp³-hybridized carbons (Fsp3) is 0.419. The Morgan fingerprint density at radius 2 is 1.46 bits per heavy atom. The highest BCUT2D eigenvalue weighted by Crippen LogP contribution is 2.37. The van der Waals surface area contributed by atoms with E-state index in [1.165, 1.54) is 0 Å². The average molecular weight is 501 g/mol. The summed E-state index contributed by atoms with van der Waals surface area (Å²) in [5, 5.41) is 6.70. The van der Waals surface area contributed by atoms with E-state index in [2.05, 4.69) is 28.5 Å². The molecule has 0 bridgehead atoms. The highest BCUT2D eigenvalue weighted by atomic mass is 16.6. The molecule has 2 aliphatic heterocycles. The van der Waals surface area contributed by atoms with Crippen molar-refractivity contribution in [2.45, 2.75) is 57.2 Å². The summed E-state index contributed by atoms with van der Waals surface area (Å²) in [6.07, 6.45) is 5.36. The second-order valence-electron chi connectivity index (χ2n) is 9.80. The first-order chi connectivity index (χ1) is 18.0. The van der Waals surface area contributed by atoms with Gasteiger partial charge in [0.1, 0.15) is 11.2 Å². The van der Waals surface area contributed by atoms with Crippen molar-refractivity contribution in [3.05, 3.63) is 82.9 Å². The molecule has 4 rings (SSSR count). The minimum atomic E-state index is -0.697. The Morgan fingerprint density at radius 1 is 0.865 bits per heavy atom. The maximum Gasteiger partial charge on any atom is 0.385 e. The first-order valence-corrected chi connectivity index (χ1v) is 13.1. The number of allylic oxidation sites excluding steroid dienone is 1. The first-order valence-electron chi connectivity index (χ1n) is 13.1. The van der Waals surface area contributed by atoms with Gasteiger partial charge in [0.25, 0.3) is 0 Å². The summed E-state index contributed by atoms with van der Waals surface area (Å²) in [4.78, 5) is 25.4. The van der Waals surface area contributed by atoms with Crippen molar-refractivity contribution in [3.63, 3.8) is 0 Å². The van der Waals surface area contributed by atoms with Crippen molar-refractivity contribution in [2.24, 2.45) is 0 Å². The third kappa shape index (κ3) is 6.49. The van der Waals surface area contributed by atoms with Crippen LogP contribution in [-0.2, 0) is 36.7 Å². The van der Waals surface area contributed by atoms with E-state index in [1.807, 2.05) is 61.5 Å². The fourth-order valence-corrected chi connectivity index (χ4v) is 5.20. The molecule has 6 nitrogen and oxygen atoms in total. The summed E-state index contributed by atoms with van der Waals surface area (Å²) in [5.41, 5.74) is 2.33. The van der Waals surface area contributed by atoms with Gasteiger partial charge in [0.15, 0.2) is 0 Å². The summed E-state index contributed by atoms with van der Waals surface area (Å²) in [5.74, 6) is 4.34. The lowest BCUT2D eigenvalue weighted by Gasteiger charge is -2.37. The smallest absolute Gasteiger partial charge is 0.385 e. The maximum atomic E-state index is 13.2. The van der Waals surface area contributed by atoms with E-state index in [4.69, 9.17) is 9.47 Å². The Bertz CT molecular complexity index is 1180. The normalized spacial score (nSPS) is 18.7. The number of hydrogen-bond acceptors (Lipinski definition) is 6. The van der Waals surface area contributed by atoms with Crippen molar-refractivity contribution in [3.8, 4) is 11.8 Å². The SMILES string of the molecule is CC#CC(=O)OC1(c2cccc(C/C=C(\C)C(=O)OC3(c4ccccc4)CCNCC3)c2)CCNCC1. The van der Waals surface area contributed by atoms with Gasteiger partial charge in [0.05, 0.1) is 0 Å². The topological polar surface area (TPSA) is 76.7 Å². The lowest BCUT2D eigenvalue weighted by Crippen LogP contribution is -2.43. The molecular weight excluding hydrogens is 464 g/mol. The van der Waals surface area contributed by atoms with Crippen LogP contribution in [0.25, 0.3) is 0 Å². The van der Waals surface area contributed by atoms with Gasteiger partial charge in [-0.3, -0.25) is 0 Å². The summed E-state index contributed by atoms with van der Waals surface area (Å²) >= 11 is 0. The summed E-state index contributed by atoms with van der Waals surface area (Å²) in [6, 6.07) is 18.1. The van der Waals surface area contributed by atoms with Crippen molar-refractivity contribution >= 4 is 11.9 Å². The summed E-state index contributed by atoms with van der Waals surface area (Å²) < 4.78 is 12.1. The Kier molecular flexibility index (Phi) is 8.81. The van der Waals surface area contributed by atoms with Crippen LogP contribution in [0.1, 0.15) is 56.2 Å². The molecule has 2 aliphatic rings. The zero-order valence-electron chi connectivity index (χ0n) is 21.8. The Morgan fingerprint density at radius 3 is 2.08 bits per heavy atom. The molecule has 0 amide bonds. The summed E-state index contributed by atoms with van der Waals surface area (Å²) in [7, 11) is 0. The van der Waals surface area contributed by atoms with Crippen LogP contribution < -0.4 is 10.6 Å². The van der Waals surface area contributed by atoms with E-state index < -0.39 is 17.2 Å². The molecule has 0 unspecified atom stereocenters. The van der Waals surface area contributed by atoms with Crippen LogP contribution in [-0.4, -0.2) is 38.1 Å². The zero-order chi connectivity index (χ0) is 26.1. The van der Waals surface area contributed by atoms with Crippen LogP contribution in [0.3, 0.4) is 0 Å². The Hall–Kier alpha value is -3.40. The number of piperidine rings is 2. The molecule has 2 heterocycles. The maximum absolute atomic E-state index is 13.2. The van der Waals surface area contributed by atoms with Crippen molar-refractivity contribution in [2.75, 3.05) is 26.2 Å². The quantitative estimate of drug-likeness (QED) is 0.258. The van der Waals surface area contributed by atoms with Gasteiger partial charge in [0.2, 0.25) is 0 Å². The average Bonchev–Trinajstić information content (AvgIpc) is 2.93. The van der Waals surface area contributed by atoms with E-state index >= 15 is 0 Å². The van der Waals surface area contributed by atoms with Gasteiger partial charge in [0, 0.05) is 37.2 Å². The van der Waals surface area contributed by atoms with E-state index in [0.29, 0.717) is 24.8 Å². The third-order valence-electron chi connectivity index (χ3n) is 7.34. The van der Waals surface area contributed by atoms with Gasteiger partial charge >= 0.3 is 11.9 Å². The molecule has 6 heteroatoms. The predicted molar refractivity (Wildman–Crippen MR) is 144 cm³/mol. The largest absolute Gasteiger partial charge is 0.451 e. The number of rotatable bonds is 7. The molecule has 0 atom stereocenters. The molecule has 2 N–H and O–H groups in total. The van der Waals surface area contributed by atoms with Crippen LogP contribution in [0.5, 0.6) is 0 Å². The highest BCUT2D eigenvalue weighted by Gasteiger charge is 2.39. The third-order valence-corrected chi connectivity index (χ3v) is 7.34. The van der Waals surface area contributed by atoms with Gasteiger partial charge in [-0.1, -0.05) is 66.6 Å². The number of nitrogens with one attached hydrogen (secondary N) is 2. The fourth-order valence-electron chi connectivity index (χ4n) is 5.20. The monoisotopic (exact) mass is 500 g/mol. The molecule has 2 aromatic rings. The molecule has 2 aromatic carbocycles. The van der Waals surface area contributed by atoms with Crippen molar-refractivity contribution < 1.29 is 19.1 Å². The molecule has 37 heavy (non-hydrogen) atoms. The number of carbonyl (C=O) groups is 2. The van der Waals surface area contributed by atoms with Gasteiger partial charge in [-0.2, -0.15) is 0 Å². The Labute approximate surface area is 219 Å².